The van der Waals surface area contributed by atoms with Crippen LogP contribution in [0.25, 0.3) is 0 Å². The minimum Gasteiger partial charge on any atom is -0.367 e. The molecular formula is C11H15F3N4. The van der Waals surface area contributed by atoms with Gasteiger partial charge in [-0.3, -0.25) is 0 Å². The highest BCUT2D eigenvalue weighted by atomic mass is 19.4. The van der Waals surface area contributed by atoms with Crippen molar-refractivity contribution in [3.8, 4) is 0 Å². The molecule has 1 aliphatic rings. The summed E-state index contributed by atoms with van der Waals surface area (Å²) in [5.74, 6) is 0.813. The van der Waals surface area contributed by atoms with Crippen LogP contribution < -0.4 is 10.6 Å². The number of nitrogens with zero attached hydrogens (tertiary/aromatic N) is 2. The van der Waals surface area contributed by atoms with Crippen molar-refractivity contribution in [1.82, 2.24) is 9.97 Å². The highest BCUT2D eigenvalue weighted by Crippen LogP contribution is 2.32. The fourth-order valence-electron chi connectivity index (χ4n) is 2.01. The molecule has 0 radical (unpaired) electrons. The summed E-state index contributed by atoms with van der Waals surface area (Å²) in [4.78, 5) is 7.38. The summed E-state index contributed by atoms with van der Waals surface area (Å²) in [5.41, 5.74) is -0.934. The number of alkyl halides is 3. The molecule has 0 amide bonds. The van der Waals surface area contributed by atoms with E-state index in [-0.39, 0.29) is 17.8 Å². The molecule has 18 heavy (non-hydrogen) atoms. The van der Waals surface area contributed by atoms with Crippen LogP contribution in [0.1, 0.15) is 25.5 Å². The molecule has 1 heterocycles. The molecule has 4 nitrogen and oxygen atoms in total. The van der Waals surface area contributed by atoms with Gasteiger partial charge in [0.25, 0.3) is 0 Å². The Bertz CT molecular complexity index is 427. The molecule has 2 N–H and O–H groups in total. The normalized spacial score (nSPS) is 23.4. The van der Waals surface area contributed by atoms with Crippen LogP contribution in [-0.4, -0.2) is 23.1 Å². The first-order valence-electron chi connectivity index (χ1n) is 5.79. The van der Waals surface area contributed by atoms with Gasteiger partial charge in [0.2, 0.25) is 5.95 Å². The molecule has 0 unspecified atom stereocenters. The van der Waals surface area contributed by atoms with Gasteiger partial charge in [-0.15, -0.1) is 0 Å². The third-order valence-electron chi connectivity index (χ3n) is 2.97. The quantitative estimate of drug-likeness (QED) is 0.877. The number of hydrogen-bond donors (Lipinski definition) is 2. The van der Waals surface area contributed by atoms with Gasteiger partial charge in [0, 0.05) is 19.2 Å². The summed E-state index contributed by atoms with van der Waals surface area (Å²) in [5, 5.41) is 5.54. The topological polar surface area (TPSA) is 49.8 Å². The van der Waals surface area contributed by atoms with E-state index in [1.807, 2.05) is 0 Å². The lowest BCUT2D eigenvalue weighted by Gasteiger charge is -2.33. The molecule has 1 saturated carbocycles. The first-order valence-corrected chi connectivity index (χ1v) is 5.79. The van der Waals surface area contributed by atoms with E-state index in [1.165, 1.54) is 7.05 Å². The average Bonchev–Trinajstić information content (AvgIpc) is 2.25. The third-order valence-corrected chi connectivity index (χ3v) is 2.97. The lowest BCUT2D eigenvalue weighted by molar-refractivity contribution is -0.141. The van der Waals surface area contributed by atoms with Gasteiger partial charge >= 0.3 is 6.18 Å². The first kappa shape index (κ1) is 12.9. The molecule has 7 heteroatoms. The number of rotatable bonds is 3. The third kappa shape index (κ3) is 2.83. The minimum atomic E-state index is -4.46. The Hall–Kier alpha value is -1.53. The van der Waals surface area contributed by atoms with Crippen molar-refractivity contribution < 1.29 is 13.2 Å². The van der Waals surface area contributed by atoms with Crippen molar-refractivity contribution in [2.24, 2.45) is 5.92 Å². The van der Waals surface area contributed by atoms with Crippen molar-refractivity contribution in [3.63, 3.8) is 0 Å². The van der Waals surface area contributed by atoms with Gasteiger partial charge in [-0.25, -0.2) is 4.98 Å². The van der Waals surface area contributed by atoms with Crippen molar-refractivity contribution in [2.75, 3.05) is 17.7 Å². The summed E-state index contributed by atoms with van der Waals surface area (Å²) in [6, 6.07) is 1.16. The Morgan fingerprint density at radius 1 is 1.28 bits per heavy atom. The summed E-state index contributed by atoms with van der Waals surface area (Å²) < 4.78 is 37.9. The maximum Gasteiger partial charge on any atom is 0.433 e. The van der Waals surface area contributed by atoms with E-state index in [1.54, 1.807) is 0 Å². The average molecular weight is 260 g/mol. The smallest absolute Gasteiger partial charge is 0.367 e. The van der Waals surface area contributed by atoms with Gasteiger partial charge in [-0.05, 0) is 18.8 Å². The molecule has 1 aliphatic carbocycles. The van der Waals surface area contributed by atoms with Crippen LogP contribution in [0, 0.1) is 5.92 Å². The van der Waals surface area contributed by atoms with Gasteiger partial charge < -0.3 is 10.6 Å². The molecule has 0 aromatic carbocycles. The molecular weight excluding hydrogens is 245 g/mol. The van der Waals surface area contributed by atoms with Crippen LogP contribution in [0.2, 0.25) is 0 Å². The first-order chi connectivity index (χ1) is 8.38. The Labute approximate surface area is 103 Å². The van der Waals surface area contributed by atoms with E-state index in [0.717, 1.165) is 18.9 Å². The van der Waals surface area contributed by atoms with Gasteiger partial charge in [-0.2, -0.15) is 18.2 Å². The maximum atomic E-state index is 12.6. The zero-order valence-corrected chi connectivity index (χ0v) is 10.2. The highest BCUT2D eigenvalue weighted by Gasteiger charge is 2.34. The van der Waals surface area contributed by atoms with Gasteiger partial charge in [0.05, 0.1) is 0 Å². The number of aromatic nitrogens is 2. The summed E-state index contributed by atoms with van der Waals surface area (Å²) in [7, 11) is 1.49. The Kier molecular flexibility index (Phi) is 3.32. The largest absolute Gasteiger partial charge is 0.433 e. The zero-order chi connectivity index (χ0) is 13.3. The van der Waals surface area contributed by atoms with Crippen molar-refractivity contribution in [3.05, 3.63) is 11.8 Å². The number of nitrogens with one attached hydrogen (secondary N) is 2. The maximum absolute atomic E-state index is 12.6. The van der Waals surface area contributed by atoms with E-state index >= 15 is 0 Å². The second-order valence-electron chi connectivity index (χ2n) is 4.63. The van der Waals surface area contributed by atoms with Crippen molar-refractivity contribution >= 4 is 11.8 Å². The summed E-state index contributed by atoms with van der Waals surface area (Å²) >= 11 is 0. The van der Waals surface area contributed by atoms with Crippen LogP contribution in [0.3, 0.4) is 0 Å². The summed E-state index contributed by atoms with van der Waals surface area (Å²) in [6.45, 7) is 2.11. The van der Waals surface area contributed by atoms with Crippen LogP contribution in [-0.2, 0) is 6.18 Å². The van der Waals surface area contributed by atoms with Gasteiger partial charge in [0.1, 0.15) is 5.82 Å². The second kappa shape index (κ2) is 4.62. The van der Waals surface area contributed by atoms with E-state index in [9.17, 15) is 13.2 Å². The molecule has 0 bridgehead atoms. The highest BCUT2D eigenvalue weighted by molar-refractivity contribution is 5.44. The fraction of sp³-hybridized carbons (Fsp3) is 0.636. The molecule has 2 rings (SSSR count). The molecule has 100 valence electrons. The molecule has 0 atom stereocenters. The van der Waals surface area contributed by atoms with E-state index in [2.05, 4.69) is 27.5 Å². The van der Waals surface area contributed by atoms with Crippen LogP contribution in [0.4, 0.5) is 24.9 Å². The van der Waals surface area contributed by atoms with E-state index in [0.29, 0.717) is 5.92 Å². The lowest BCUT2D eigenvalue weighted by atomic mass is 9.82. The lowest BCUT2D eigenvalue weighted by Crippen LogP contribution is -2.34. The predicted molar refractivity (Wildman–Crippen MR) is 62.4 cm³/mol. The van der Waals surface area contributed by atoms with Crippen LogP contribution >= 0.6 is 0 Å². The molecule has 0 saturated heterocycles. The zero-order valence-electron chi connectivity index (χ0n) is 10.2. The fourth-order valence-corrected chi connectivity index (χ4v) is 2.01. The Morgan fingerprint density at radius 2 is 1.94 bits per heavy atom. The van der Waals surface area contributed by atoms with E-state index < -0.39 is 11.9 Å². The summed E-state index contributed by atoms with van der Waals surface area (Å²) in [6.07, 6.45) is -2.54. The SMILES string of the molecule is CNc1nc(NC2CC(C)C2)cc(C(F)(F)F)n1. The molecule has 0 aliphatic heterocycles. The molecule has 1 fully saturated rings. The number of anilines is 2. The van der Waals surface area contributed by atoms with Crippen LogP contribution in [0.5, 0.6) is 0 Å². The minimum absolute atomic E-state index is 0.0281. The van der Waals surface area contributed by atoms with Crippen molar-refractivity contribution in [2.45, 2.75) is 32.0 Å². The molecule has 1 aromatic rings. The number of hydrogen-bond acceptors (Lipinski definition) is 4. The van der Waals surface area contributed by atoms with Crippen LogP contribution in [0.15, 0.2) is 6.07 Å². The molecule has 1 aromatic heterocycles. The number of halogens is 3. The van der Waals surface area contributed by atoms with E-state index in [4.69, 9.17) is 0 Å². The van der Waals surface area contributed by atoms with Gasteiger partial charge in [-0.1, -0.05) is 6.92 Å². The van der Waals surface area contributed by atoms with Gasteiger partial charge in [0.15, 0.2) is 5.69 Å². The second-order valence-corrected chi connectivity index (χ2v) is 4.63. The Morgan fingerprint density at radius 3 is 2.44 bits per heavy atom. The van der Waals surface area contributed by atoms with Crippen molar-refractivity contribution in [1.29, 1.82) is 0 Å². The standard InChI is InChI=1S/C11H15F3N4/c1-6-3-7(4-6)16-9-5-8(11(12,13)14)17-10(15-2)18-9/h5-7H,3-4H2,1-2H3,(H2,15,16,17,18). The molecule has 0 spiro atoms. The monoisotopic (exact) mass is 260 g/mol. The Balaban J connectivity index is 2.18. The predicted octanol–water partition coefficient (Wildman–Crippen LogP) is 2.75.